The lowest BCUT2D eigenvalue weighted by Gasteiger charge is -1.87. The lowest BCUT2D eigenvalue weighted by Crippen LogP contribution is -2.06. The van der Waals surface area contributed by atoms with Gasteiger partial charge in [-0.3, -0.25) is 0 Å². The Kier molecular flexibility index (Phi) is 2.55. The van der Waals surface area contributed by atoms with Gasteiger partial charge in [-0.1, -0.05) is 4.99 Å². The summed E-state index contributed by atoms with van der Waals surface area (Å²) in [5.41, 5.74) is 0. The largest absolute Gasteiger partial charge is 0.443 e. The Balaban J connectivity index is 3.43. The summed E-state index contributed by atoms with van der Waals surface area (Å²) in [6.45, 7) is 0. The van der Waals surface area contributed by atoms with Crippen LogP contribution in [-0.4, -0.2) is 11.1 Å². The molecule has 48 valence electrons. The first kappa shape index (κ1) is 7.16. The number of nitriles is 1. The lowest BCUT2D eigenvalue weighted by atomic mass is 10.8. The second-order valence-corrected chi connectivity index (χ2v) is 0.781. The molecule has 0 aliphatic heterocycles. The van der Waals surface area contributed by atoms with E-state index in [-0.39, 0.29) is 0 Å². The molecule has 9 heavy (non-hydrogen) atoms. The minimum Gasteiger partial charge on any atom is -0.244 e. The Bertz CT molecular complexity index is 168. The number of hydrogen-bond donors (Lipinski definition) is 0. The SMILES string of the molecule is N#CC(=O)OO[N+](=O)[O-]. The van der Waals surface area contributed by atoms with Gasteiger partial charge >= 0.3 is 11.1 Å². The summed E-state index contributed by atoms with van der Waals surface area (Å²) in [4.78, 5) is 25.2. The topological polar surface area (TPSA) is 102 Å². The second kappa shape index (κ2) is 3.20. The standard InChI is InChI=1S/C2N2O5/c3-1-2(5)8-9-4(6)7. The van der Waals surface area contributed by atoms with Crippen LogP contribution in [0.3, 0.4) is 0 Å². The zero-order valence-electron chi connectivity index (χ0n) is 3.94. The maximum Gasteiger partial charge on any atom is 0.443 e. The van der Waals surface area contributed by atoms with Crippen molar-refractivity contribution in [2.45, 2.75) is 0 Å². The number of hydrogen-bond acceptors (Lipinski definition) is 6. The average molecular weight is 132 g/mol. The number of rotatable bonds is 2. The molecule has 0 saturated heterocycles. The summed E-state index contributed by atoms with van der Waals surface area (Å²) in [6.07, 6.45) is 0. The fourth-order valence-electron chi connectivity index (χ4n) is 0.0829. The van der Waals surface area contributed by atoms with E-state index in [0.717, 1.165) is 6.07 Å². The summed E-state index contributed by atoms with van der Waals surface area (Å²) in [5, 5.41) is 15.5. The van der Waals surface area contributed by atoms with E-state index in [1.54, 1.807) is 0 Å². The van der Waals surface area contributed by atoms with E-state index in [2.05, 4.69) is 9.88 Å². The van der Waals surface area contributed by atoms with Crippen molar-refractivity contribution in [3.8, 4) is 6.07 Å². The van der Waals surface area contributed by atoms with Gasteiger partial charge in [0.1, 0.15) is 0 Å². The molecule has 0 radical (unpaired) electrons. The molecule has 0 aromatic heterocycles. The fraction of sp³-hybridized carbons (Fsp3) is 0. The molecule has 0 atom stereocenters. The van der Waals surface area contributed by atoms with E-state index in [1.807, 2.05) is 0 Å². The van der Waals surface area contributed by atoms with Crippen LogP contribution in [0.25, 0.3) is 0 Å². The zero-order chi connectivity index (χ0) is 7.28. The predicted octanol–water partition coefficient (Wildman–Crippen LogP) is -0.824. The summed E-state index contributed by atoms with van der Waals surface area (Å²) in [6, 6.07) is 0.930. The fourth-order valence-corrected chi connectivity index (χ4v) is 0.0829. The zero-order valence-corrected chi connectivity index (χ0v) is 3.94. The molecule has 0 bridgehead atoms. The molecule has 0 N–H and O–H groups in total. The molecule has 0 spiro atoms. The van der Waals surface area contributed by atoms with Gasteiger partial charge in [-0.15, -0.1) is 10.1 Å². The van der Waals surface area contributed by atoms with Crippen molar-refractivity contribution in [1.82, 2.24) is 0 Å². The highest BCUT2D eigenvalue weighted by atomic mass is 17.3. The van der Waals surface area contributed by atoms with Crippen molar-refractivity contribution < 1.29 is 19.8 Å². The van der Waals surface area contributed by atoms with Gasteiger partial charge in [-0.2, -0.15) is 5.26 Å². The smallest absolute Gasteiger partial charge is 0.244 e. The van der Waals surface area contributed by atoms with Crippen LogP contribution in [-0.2, 0) is 14.7 Å². The first-order valence-electron chi connectivity index (χ1n) is 1.60. The molecule has 0 aliphatic carbocycles. The monoisotopic (exact) mass is 132 g/mol. The highest BCUT2D eigenvalue weighted by Gasteiger charge is 2.02. The average Bonchev–Trinajstić information content (AvgIpc) is 1.83. The van der Waals surface area contributed by atoms with Crippen LogP contribution in [0.2, 0.25) is 0 Å². The van der Waals surface area contributed by atoms with Gasteiger partial charge in [0.05, 0.1) is 0 Å². The van der Waals surface area contributed by atoms with Crippen molar-refractivity contribution in [2.75, 3.05) is 0 Å². The van der Waals surface area contributed by atoms with E-state index in [0.29, 0.717) is 0 Å². The summed E-state index contributed by atoms with van der Waals surface area (Å²) < 4.78 is 0. The molecule has 7 nitrogen and oxygen atoms in total. The Hall–Kier alpha value is -1.84. The summed E-state index contributed by atoms with van der Waals surface area (Å²) >= 11 is 0. The highest BCUT2D eigenvalue weighted by molar-refractivity contribution is 5.85. The molecule has 0 aromatic rings. The van der Waals surface area contributed by atoms with Crippen molar-refractivity contribution in [2.24, 2.45) is 0 Å². The first-order chi connectivity index (χ1) is 4.16. The molecule has 7 heteroatoms. The summed E-state index contributed by atoms with van der Waals surface area (Å²) in [7, 11) is 0. The van der Waals surface area contributed by atoms with E-state index in [1.165, 1.54) is 0 Å². The van der Waals surface area contributed by atoms with Gasteiger partial charge < -0.3 is 0 Å². The van der Waals surface area contributed by atoms with Gasteiger partial charge in [0.15, 0.2) is 6.07 Å². The Morgan fingerprint density at radius 2 is 2.33 bits per heavy atom. The minimum atomic E-state index is -1.47. The second-order valence-electron chi connectivity index (χ2n) is 0.781. The van der Waals surface area contributed by atoms with Crippen molar-refractivity contribution >= 4 is 5.97 Å². The van der Waals surface area contributed by atoms with Crippen LogP contribution >= 0.6 is 0 Å². The van der Waals surface area contributed by atoms with E-state index >= 15 is 0 Å². The third-order valence-corrected chi connectivity index (χ3v) is 0.265. The van der Waals surface area contributed by atoms with Crippen LogP contribution in [0.1, 0.15) is 0 Å². The van der Waals surface area contributed by atoms with Crippen LogP contribution in [0.5, 0.6) is 0 Å². The molecule has 0 aromatic carbocycles. The number of nitrogens with zero attached hydrogens (tertiary/aromatic N) is 2. The first-order valence-corrected chi connectivity index (χ1v) is 1.60. The number of carbonyl (C=O) groups excluding carboxylic acids is 1. The van der Waals surface area contributed by atoms with E-state index in [9.17, 15) is 14.9 Å². The van der Waals surface area contributed by atoms with Gasteiger partial charge in [0.2, 0.25) is 0 Å². The van der Waals surface area contributed by atoms with Gasteiger partial charge in [-0.05, 0) is 0 Å². The number of carbonyl (C=O) groups is 1. The van der Waals surface area contributed by atoms with E-state index in [4.69, 9.17) is 5.26 Å². The highest BCUT2D eigenvalue weighted by Crippen LogP contribution is 1.77. The Labute approximate surface area is 48.4 Å². The quantitative estimate of drug-likeness (QED) is 0.210. The molecule has 0 aliphatic rings. The van der Waals surface area contributed by atoms with Gasteiger partial charge in [0, 0.05) is 0 Å². The maximum absolute atomic E-state index is 9.70. The lowest BCUT2D eigenvalue weighted by molar-refractivity contribution is -0.839. The minimum absolute atomic E-state index is 0.930. The molecule has 0 heterocycles. The third-order valence-electron chi connectivity index (χ3n) is 0.265. The van der Waals surface area contributed by atoms with Gasteiger partial charge in [-0.25, -0.2) is 9.68 Å². The Morgan fingerprint density at radius 3 is 2.67 bits per heavy atom. The molecule has 0 unspecified atom stereocenters. The van der Waals surface area contributed by atoms with Crippen molar-refractivity contribution in [1.29, 1.82) is 5.26 Å². The molecular weight excluding hydrogens is 132 g/mol. The molecule has 0 fully saturated rings. The molecule has 0 amide bonds. The van der Waals surface area contributed by atoms with Crippen molar-refractivity contribution in [3.05, 3.63) is 10.1 Å². The van der Waals surface area contributed by atoms with Crippen LogP contribution in [0.4, 0.5) is 0 Å². The molecule has 0 rings (SSSR count). The third kappa shape index (κ3) is 4.00. The predicted molar refractivity (Wildman–Crippen MR) is 19.8 cm³/mol. The van der Waals surface area contributed by atoms with Crippen LogP contribution < -0.4 is 0 Å². The molecular formula is C2N2O5. The Morgan fingerprint density at radius 1 is 1.78 bits per heavy atom. The van der Waals surface area contributed by atoms with Crippen LogP contribution in [0, 0.1) is 21.4 Å². The molecule has 0 saturated carbocycles. The van der Waals surface area contributed by atoms with Crippen molar-refractivity contribution in [3.63, 3.8) is 0 Å². The normalized spacial score (nSPS) is 7.00. The maximum atomic E-state index is 9.70. The van der Waals surface area contributed by atoms with Crippen LogP contribution in [0.15, 0.2) is 0 Å². The van der Waals surface area contributed by atoms with E-state index < -0.39 is 11.1 Å². The van der Waals surface area contributed by atoms with Gasteiger partial charge in [0.25, 0.3) is 0 Å². The summed E-state index contributed by atoms with van der Waals surface area (Å²) in [5.74, 6) is -1.47.